The van der Waals surface area contributed by atoms with Crippen molar-refractivity contribution < 1.29 is 30.0 Å². The minimum atomic E-state index is -1.38. The van der Waals surface area contributed by atoms with E-state index in [0.29, 0.717) is 0 Å². The molecule has 0 amide bonds. The van der Waals surface area contributed by atoms with Crippen molar-refractivity contribution in [3.8, 4) is 11.5 Å². The van der Waals surface area contributed by atoms with Crippen LogP contribution in [0.15, 0.2) is 36.4 Å². The van der Waals surface area contributed by atoms with Gasteiger partial charge in [-0.25, -0.2) is 4.79 Å². The SMILES string of the molecule is CCCCCCCCCCCCCCCCCCc1ccc(O)c(C(=O)O)c1.CCCCCCCCCCCCCCCCCCc1ccc([O-])c(C(=O)[O-])c1.[Mg+2]. The van der Waals surface area contributed by atoms with Crippen LogP contribution in [0.25, 0.3) is 0 Å². The van der Waals surface area contributed by atoms with Gasteiger partial charge in [0.25, 0.3) is 0 Å². The van der Waals surface area contributed by atoms with E-state index in [0.717, 1.165) is 43.2 Å². The Morgan fingerprint density at radius 3 is 1.04 bits per heavy atom. The van der Waals surface area contributed by atoms with Crippen molar-refractivity contribution in [3.63, 3.8) is 0 Å². The number of hydrogen-bond donors (Lipinski definition) is 2. The smallest absolute Gasteiger partial charge is 0.872 e. The van der Waals surface area contributed by atoms with Gasteiger partial charge in [-0.2, -0.15) is 0 Å². The number of hydrogen-bond acceptors (Lipinski definition) is 5. The van der Waals surface area contributed by atoms with Crippen LogP contribution in [0.3, 0.4) is 0 Å². The van der Waals surface area contributed by atoms with Crippen molar-refractivity contribution in [2.45, 2.75) is 232 Å². The summed E-state index contributed by atoms with van der Waals surface area (Å²) in [5, 5.41) is 40.9. The molecule has 0 aromatic heterocycles. The van der Waals surface area contributed by atoms with Crippen molar-refractivity contribution in [2.24, 2.45) is 0 Å². The van der Waals surface area contributed by atoms with Gasteiger partial charge in [-0.1, -0.05) is 236 Å². The first-order chi connectivity index (χ1) is 27.3. The van der Waals surface area contributed by atoms with Crippen LogP contribution in [0.4, 0.5) is 0 Å². The van der Waals surface area contributed by atoms with Crippen LogP contribution < -0.4 is 10.2 Å². The number of aryl methyl sites for hydroxylation is 2. The van der Waals surface area contributed by atoms with Crippen LogP contribution >= 0.6 is 0 Å². The summed E-state index contributed by atoms with van der Waals surface area (Å²) in [6, 6.07) is 9.47. The van der Waals surface area contributed by atoms with Crippen LogP contribution in [-0.4, -0.2) is 45.2 Å². The molecule has 0 aliphatic carbocycles. The molecular weight excluding hydrogens is 721 g/mol. The van der Waals surface area contributed by atoms with Gasteiger partial charge in [-0.15, -0.1) is 0 Å². The largest absolute Gasteiger partial charge is 2.00 e. The van der Waals surface area contributed by atoms with E-state index in [4.69, 9.17) is 5.11 Å². The minimum Gasteiger partial charge on any atom is -0.872 e. The molecule has 0 atom stereocenters. The Morgan fingerprint density at radius 2 is 0.737 bits per heavy atom. The zero-order valence-corrected chi connectivity index (χ0v) is 38.2. The zero-order valence-electron chi connectivity index (χ0n) is 36.7. The van der Waals surface area contributed by atoms with Gasteiger partial charge in [0, 0.05) is 0 Å². The fraction of sp³-hybridized carbons (Fsp3) is 0.720. The molecule has 0 aliphatic heterocycles. The second-order valence-corrected chi connectivity index (χ2v) is 16.4. The average molecular weight is 804 g/mol. The number of carboxylic acids is 2. The van der Waals surface area contributed by atoms with Gasteiger partial charge >= 0.3 is 29.0 Å². The van der Waals surface area contributed by atoms with E-state index in [-0.39, 0.29) is 39.9 Å². The average Bonchev–Trinajstić information content (AvgIpc) is 3.18. The van der Waals surface area contributed by atoms with E-state index in [1.54, 1.807) is 12.1 Å². The first kappa shape index (κ1) is 54.7. The van der Waals surface area contributed by atoms with E-state index in [1.807, 2.05) is 6.07 Å². The fourth-order valence-electron chi connectivity index (χ4n) is 7.56. The molecule has 0 radical (unpaired) electrons. The summed E-state index contributed by atoms with van der Waals surface area (Å²) in [6.45, 7) is 4.54. The summed E-state index contributed by atoms with van der Waals surface area (Å²) >= 11 is 0. The molecule has 320 valence electrons. The van der Waals surface area contributed by atoms with Crippen LogP contribution in [0.2, 0.25) is 0 Å². The maximum atomic E-state index is 11.4. The number of carbonyl (C=O) groups is 2. The van der Waals surface area contributed by atoms with Gasteiger partial charge in [0.05, 0.1) is 5.97 Å². The number of carbonyl (C=O) groups excluding carboxylic acids is 1. The van der Waals surface area contributed by atoms with Gasteiger partial charge in [0.1, 0.15) is 11.3 Å². The molecule has 0 aliphatic rings. The van der Waals surface area contributed by atoms with Gasteiger partial charge in [0.2, 0.25) is 0 Å². The molecule has 0 heterocycles. The standard InChI is InChI=1S/2C25H42O3.Mg/c2*1-2-3-4-5-6-7-8-9-10-11-12-13-14-15-16-17-18-22-19-20-24(26)23(21-22)25(27)28;/h2*19-21,26H,2-18H2,1H3,(H,27,28);/q;;+2/p-2. The Hall–Kier alpha value is -2.25. The van der Waals surface area contributed by atoms with E-state index in [9.17, 15) is 24.9 Å². The third kappa shape index (κ3) is 31.4. The number of phenols is 1. The topological polar surface area (TPSA) is 121 Å². The van der Waals surface area contributed by atoms with Crippen molar-refractivity contribution in [2.75, 3.05) is 0 Å². The predicted octanol–water partition coefficient (Wildman–Crippen LogP) is 13.4. The molecule has 2 N–H and O–H groups in total. The normalized spacial score (nSPS) is 10.8. The second kappa shape index (κ2) is 39.2. The van der Waals surface area contributed by atoms with Crippen LogP contribution in [0, 0.1) is 0 Å². The Balaban J connectivity index is 0.00000108. The number of unbranched alkanes of at least 4 members (excludes halogenated alkanes) is 30. The molecule has 2 aromatic rings. The summed E-state index contributed by atoms with van der Waals surface area (Å²) in [5.74, 6) is -3.05. The monoisotopic (exact) mass is 803 g/mol. The molecule has 0 fully saturated rings. The molecule has 0 spiro atoms. The minimum absolute atomic E-state index is 0. The second-order valence-electron chi connectivity index (χ2n) is 16.4. The number of rotatable bonds is 36. The quantitative estimate of drug-likeness (QED) is 0.0523. The number of benzene rings is 2. The summed E-state index contributed by atoms with van der Waals surface area (Å²) < 4.78 is 0. The summed E-state index contributed by atoms with van der Waals surface area (Å²) in [7, 11) is 0. The summed E-state index contributed by atoms with van der Waals surface area (Å²) in [6.07, 6.45) is 44.9. The molecule has 2 rings (SSSR count). The van der Waals surface area contributed by atoms with Crippen LogP contribution in [-0.2, 0) is 12.8 Å². The van der Waals surface area contributed by atoms with Crippen molar-refractivity contribution in [1.29, 1.82) is 0 Å². The van der Waals surface area contributed by atoms with Crippen molar-refractivity contribution in [3.05, 3.63) is 58.7 Å². The third-order valence-electron chi connectivity index (χ3n) is 11.2. The predicted molar refractivity (Wildman–Crippen MR) is 238 cm³/mol. The first-order valence-electron chi connectivity index (χ1n) is 23.4. The van der Waals surface area contributed by atoms with Crippen LogP contribution in [0.5, 0.6) is 11.5 Å². The Bertz CT molecular complexity index is 1150. The fourth-order valence-corrected chi connectivity index (χ4v) is 7.56. The number of aromatic carboxylic acids is 2. The summed E-state index contributed by atoms with van der Waals surface area (Å²) in [4.78, 5) is 21.9. The van der Waals surface area contributed by atoms with Gasteiger partial charge < -0.3 is 25.2 Å². The van der Waals surface area contributed by atoms with E-state index >= 15 is 0 Å². The molecular formula is C50H82MgO6. The molecule has 57 heavy (non-hydrogen) atoms. The Kier molecular flexibility index (Phi) is 37.7. The molecule has 0 saturated heterocycles. The molecule has 0 unspecified atom stereocenters. The van der Waals surface area contributed by atoms with Gasteiger partial charge in [-0.3, -0.25) is 0 Å². The van der Waals surface area contributed by atoms with Crippen molar-refractivity contribution >= 4 is 35.0 Å². The van der Waals surface area contributed by atoms with Crippen LogP contribution in [0.1, 0.15) is 251 Å². The van der Waals surface area contributed by atoms with Gasteiger partial charge in [-0.05, 0) is 54.5 Å². The number of aromatic hydroxyl groups is 1. The van der Waals surface area contributed by atoms with E-state index < -0.39 is 17.7 Å². The molecule has 6 nitrogen and oxygen atoms in total. The maximum absolute atomic E-state index is 11.4. The molecule has 0 bridgehead atoms. The van der Waals surface area contributed by atoms with E-state index in [2.05, 4.69) is 13.8 Å². The first-order valence-corrected chi connectivity index (χ1v) is 23.4. The molecule has 7 heteroatoms. The van der Waals surface area contributed by atoms with E-state index in [1.165, 1.54) is 204 Å². The zero-order chi connectivity index (χ0) is 40.9. The Morgan fingerprint density at radius 1 is 0.456 bits per heavy atom. The molecule has 2 aromatic carbocycles. The maximum Gasteiger partial charge on any atom is 2.00 e. The Labute approximate surface area is 365 Å². The van der Waals surface area contributed by atoms with Gasteiger partial charge in [0.15, 0.2) is 0 Å². The summed E-state index contributed by atoms with van der Waals surface area (Å²) in [5.41, 5.74) is 1.72. The van der Waals surface area contributed by atoms with Crippen molar-refractivity contribution in [1.82, 2.24) is 0 Å². The third-order valence-corrected chi connectivity index (χ3v) is 11.2. The molecule has 0 saturated carbocycles. The number of carboxylic acid groups (broad SMARTS) is 2.